The second-order valence-corrected chi connectivity index (χ2v) is 3.27. The number of hydrogen-bond donors (Lipinski definition) is 0. The van der Waals surface area contributed by atoms with E-state index < -0.39 is 12.0 Å². The number of carboxylic acids is 1. The molecule has 2 aliphatic heterocycles. The average Bonchev–Trinajstić information content (AvgIpc) is 2.48. The Hall–Kier alpha value is -0.650. The summed E-state index contributed by atoms with van der Waals surface area (Å²) >= 11 is 0. The zero-order chi connectivity index (χ0) is 10.1. The van der Waals surface area contributed by atoms with Gasteiger partial charge in [0.05, 0.1) is 12.0 Å². The molecule has 1 saturated heterocycles. The molecule has 2 heterocycles. The van der Waals surface area contributed by atoms with E-state index in [0.29, 0.717) is 18.7 Å². The summed E-state index contributed by atoms with van der Waals surface area (Å²) in [6.07, 6.45) is 4.30. The van der Waals surface area contributed by atoms with E-state index in [1.807, 2.05) is 0 Å². The van der Waals surface area contributed by atoms with E-state index in [1.54, 1.807) is 12.3 Å². The molecule has 0 saturated carbocycles. The Morgan fingerprint density at radius 2 is 2.33 bits per heavy atom. The smallest absolute Gasteiger partial charge is 0.548 e. The van der Waals surface area contributed by atoms with E-state index in [4.69, 9.17) is 0 Å². The minimum absolute atomic E-state index is 0. The third-order valence-corrected chi connectivity index (χ3v) is 2.39. The standard InChI is InChI=1S/C9H10N2O3.Na/c12-8-2-1-5-10-7-4-3-6(9(13)14)11(7)8;/h1,5-6H,2-4H2,(H,13,14);/q;+1/p-1. The van der Waals surface area contributed by atoms with Crippen LogP contribution in [-0.2, 0) is 9.59 Å². The van der Waals surface area contributed by atoms with Crippen LogP contribution in [0, 0.1) is 0 Å². The summed E-state index contributed by atoms with van der Waals surface area (Å²) in [6, 6.07) is -0.832. The van der Waals surface area contributed by atoms with Crippen molar-refractivity contribution in [3.05, 3.63) is 12.3 Å². The van der Waals surface area contributed by atoms with E-state index in [-0.39, 0.29) is 41.9 Å². The molecule has 6 heteroatoms. The minimum Gasteiger partial charge on any atom is -0.548 e. The third-order valence-electron chi connectivity index (χ3n) is 2.39. The maximum Gasteiger partial charge on any atom is 1.00 e. The minimum atomic E-state index is -1.20. The molecule has 1 amide bonds. The van der Waals surface area contributed by atoms with E-state index in [9.17, 15) is 14.7 Å². The summed E-state index contributed by atoms with van der Waals surface area (Å²) in [5.41, 5.74) is 0. The molecule has 0 bridgehead atoms. The largest absolute Gasteiger partial charge is 1.00 e. The van der Waals surface area contributed by atoms with Crippen molar-refractivity contribution in [2.75, 3.05) is 0 Å². The zero-order valence-corrected chi connectivity index (χ0v) is 10.5. The van der Waals surface area contributed by atoms with Gasteiger partial charge < -0.3 is 9.90 Å². The molecule has 0 aliphatic carbocycles. The van der Waals surface area contributed by atoms with Gasteiger partial charge in [-0.15, -0.1) is 0 Å². The molecule has 15 heavy (non-hydrogen) atoms. The number of nitrogens with zero attached hydrogens (tertiary/aromatic N) is 2. The zero-order valence-electron chi connectivity index (χ0n) is 8.47. The number of fused-ring (bicyclic) bond motifs is 1. The fourth-order valence-corrected chi connectivity index (χ4v) is 1.75. The van der Waals surface area contributed by atoms with Crippen LogP contribution in [0.1, 0.15) is 19.3 Å². The number of amides is 1. The molecule has 0 radical (unpaired) electrons. The fraction of sp³-hybridized carbons (Fsp3) is 0.444. The van der Waals surface area contributed by atoms with Gasteiger partial charge in [0.2, 0.25) is 5.91 Å². The van der Waals surface area contributed by atoms with Gasteiger partial charge in [-0.2, -0.15) is 0 Å². The summed E-state index contributed by atoms with van der Waals surface area (Å²) in [7, 11) is 0. The van der Waals surface area contributed by atoms with Crippen molar-refractivity contribution in [1.82, 2.24) is 4.90 Å². The molecule has 0 aromatic rings. The molecule has 1 unspecified atom stereocenters. The maximum atomic E-state index is 11.5. The van der Waals surface area contributed by atoms with Crippen LogP contribution in [0.3, 0.4) is 0 Å². The predicted molar refractivity (Wildman–Crippen MR) is 46.1 cm³/mol. The van der Waals surface area contributed by atoms with Gasteiger partial charge in [0.1, 0.15) is 5.84 Å². The number of aliphatic carboxylic acids is 1. The normalized spacial score (nSPS) is 24.0. The average molecular weight is 216 g/mol. The molecular weight excluding hydrogens is 207 g/mol. The number of aliphatic imine (C=N–C) groups is 1. The van der Waals surface area contributed by atoms with Gasteiger partial charge in [0, 0.05) is 19.0 Å². The quantitative estimate of drug-likeness (QED) is 0.420. The predicted octanol–water partition coefficient (Wildman–Crippen LogP) is -3.95. The number of amidine groups is 1. The molecular formula is C9H9N2NaO3. The first-order valence-corrected chi connectivity index (χ1v) is 4.45. The van der Waals surface area contributed by atoms with Crippen LogP contribution in [0.25, 0.3) is 0 Å². The van der Waals surface area contributed by atoms with Gasteiger partial charge in [-0.3, -0.25) is 9.69 Å². The van der Waals surface area contributed by atoms with Crippen LogP contribution in [0.4, 0.5) is 0 Å². The van der Waals surface area contributed by atoms with Crippen molar-refractivity contribution in [1.29, 1.82) is 0 Å². The number of carbonyl (C=O) groups is 2. The van der Waals surface area contributed by atoms with E-state index in [2.05, 4.69) is 4.99 Å². The molecule has 0 N–H and O–H groups in total. The van der Waals surface area contributed by atoms with Gasteiger partial charge in [0.15, 0.2) is 0 Å². The Kier molecular flexibility index (Phi) is 4.07. The number of hydrogen-bond acceptors (Lipinski definition) is 4. The van der Waals surface area contributed by atoms with E-state index >= 15 is 0 Å². The van der Waals surface area contributed by atoms with Gasteiger partial charge in [-0.05, 0) is 6.42 Å². The van der Waals surface area contributed by atoms with Crippen molar-refractivity contribution in [3.63, 3.8) is 0 Å². The number of rotatable bonds is 1. The third kappa shape index (κ3) is 2.30. The van der Waals surface area contributed by atoms with Crippen molar-refractivity contribution in [3.8, 4) is 0 Å². The van der Waals surface area contributed by atoms with Crippen LogP contribution in [0.5, 0.6) is 0 Å². The second kappa shape index (κ2) is 4.92. The number of carbonyl (C=O) groups excluding carboxylic acids is 2. The Balaban J connectivity index is 0.00000112. The molecule has 1 fully saturated rings. The summed E-state index contributed by atoms with van der Waals surface area (Å²) in [5, 5.41) is 10.7. The Morgan fingerprint density at radius 3 is 3.00 bits per heavy atom. The molecule has 5 nitrogen and oxygen atoms in total. The van der Waals surface area contributed by atoms with Gasteiger partial charge in [-0.1, -0.05) is 6.08 Å². The second-order valence-electron chi connectivity index (χ2n) is 3.27. The first-order valence-electron chi connectivity index (χ1n) is 4.45. The molecule has 2 rings (SSSR count). The van der Waals surface area contributed by atoms with E-state index in [1.165, 1.54) is 4.90 Å². The molecule has 0 spiro atoms. The van der Waals surface area contributed by atoms with Crippen LogP contribution in [0.15, 0.2) is 17.3 Å². The van der Waals surface area contributed by atoms with Crippen LogP contribution in [-0.4, -0.2) is 28.7 Å². The Morgan fingerprint density at radius 1 is 1.60 bits per heavy atom. The van der Waals surface area contributed by atoms with E-state index in [0.717, 1.165) is 0 Å². The van der Waals surface area contributed by atoms with Gasteiger partial charge in [0.25, 0.3) is 0 Å². The molecule has 0 aromatic heterocycles. The van der Waals surface area contributed by atoms with Crippen molar-refractivity contribution in [2.24, 2.45) is 4.99 Å². The Labute approximate surface area is 109 Å². The molecule has 1 atom stereocenters. The van der Waals surface area contributed by atoms with Gasteiger partial charge >= 0.3 is 29.6 Å². The van der Waals surface area contributed by atoms with Crippen molar-refractivity contribution < 1.29 is 44.3 Å². The summed E-state index contributed by atoms with van der Waals surface area (Å²) < 4.78 is 0. The first kappa shape index (κ1) is 12.4. The summed E-state index contributed by atoms with van der Waals surface area (Å²) in [5.74, 6) is -0.882. The number of carboxylic acid groups (broad SMARTS) is 1. The van der Waals surface area contributed by atoms with Crippen LogP contribution in [0.2, 0.25) is 0 Å². The monoisotopic (exact) mass is 216 g/mol. The maximum absolute atomic E-state index is 11.5. The van der Waals surface area contributed by atoms with Crippen LogP contribution < -0.4 is 34.7 Å². The molecule has 2 aliphatic rings. The van der Waals surface area contributed by atoms with Crippen molar-refractivity contribution in [2.45, 2.75) is 25.3 Å². The first-order chi connectivity index (χ1) is 6.70. The SMILES string of the molecule is O=C([O-])C1CCC2=NC=CCC(=O)N21.[Na+]. The van der Waals surface area contributed by atoms with Gasteiger partial charge in [-0.25, -0.2) is 4.99 Å². The molecule has 0 aromatic carbocycles. The van der Waals surface area contributed by atoms with Crippen molar-refractivity contribution >= 4 is 17.7 Å². The summed E-state index contributed by atoms with van der Waals surface area (Å²) in [6.45, 7) is 0. The fourth-order valence-electron chi connectivity index (χ4n) is 1.75. The Bertz CT molecular complexity index is 351. The molecule has 74 valence electrons. The summed E-state index contributed by atoms with van der Waals surface area (Å²) in [4.78, 5) is 27.5. The topological polar surface area (TPSA) is 72.8 Å². The van der Waals surface area contributed by atoms with Crippen LogP contribution >= 0.6 is 0 Å².